The highest BCUT2D eigenvalue weighted by Gasteiger charge is 2.45. The number of thiazole rings is 1. The van der Waals surface area contributed by atoms with Crippen molar-refractivity contribution < 1.29 is 14.3 Å². The lowest BCUT2D eigenvalue weighted by Gasteiger charge is -2.21. The molecular formula is C18H14ClFN4O2S. The van der Waals surface area contributed by atoms with Gasteiger partial charge in [0, 0.05) is 31.0 Å². The molecule has 4 rings (SSSR count). The average molecular weight is 405 g/mol. The van der Waals surface area contributed by atoms with Gasteiger partial charge in [-0.1, -0.05) is 18.2 Å². The van der Waals surface area contributed by atoms with Crippen LogP contribution < -0.4 is 0 Å². The van der Waals surface area contributed by atoms with Crippen LogP contribution in [0.4, 0.5) is 4.39 Å². The smallest absolute Gasteiger partial charge is 0.258 e. The van der Waals surface area contributed by atoms with Crippen molar-refractivity contribution in [3.63, 3.8) is 0 Å². The Balaban J connectivity index is 1.71. The van der Waals surface area contributed by atoms with E-state index in [0.29, 0.717) is 29.2 Å². The summed E-state index contributed by atoms with van der Waals surface area (Å²) in [6, 6.07) is 7.04. The van der Waals surface area contributed by atoms with E-state index >= 15 is 0 Å². The number of amides is 1. The van der Waals surface area contributed by atoms with Gasteiger partial charge in [0.15, 0.2) is 11.4 Å². The van der Waals surface area contributed by atoms with E-state index < -0.39 is 11.4 Å². The van der Waals surface area contributed by atoms with Gasteiger partial charge in [-0.05, 0) is 23.2 Å². The fourth-order valence-electron chi connectivity index (χ4n) is 3.07. The lowest BCUT2D eigenvalue weighted by molar-refractivity contribution is -0.143. The number of aliphatic hydroxyl groups is 1. The number of rotatable bonds is 3. The van der Waals surface area contributed by atoms with Gasteiger partial charge < -0.3 is 10.0 Å². The molecule has 1 saturated heterocycles. The number of aromatic nitrogens is 3. The number of likely N-dealkylation sites (N-methyl/N-ethyl adjacent to an activating group) is 1. The second-order valence-corrected chi connectivity index (χ2v) is 7.49. The van der Waals surface area contributed by atoms with Crippen LogP contribution in [0, 0.1) is 5.82 Å². The molecule has 1 aliphatic heterocycles. The van der Waals surface area contributed by atoms with Gasteiger partial charge in [0.05, 0.1) is 6.20 Å². The van der Waals surface area contributed by atoms with Crippen LogP contribution in [0.25, 0.3) is 22.0 Å². The highest BCUT2D eigenvalue weighted by molar-refractivity contribution is 7.13. The number of carbonyl (C=O) groups excluding carboxylic acids is 1. The minimum atomic E-state index is -1.53. The maximum Gasteiger partial charge on any atom is 0.258 e. The minimum absolute atomic E-state index is 0.0277. The highest BCUT2D eigenvalue weighted by atomic mass is 35.5. The van der Waals surface area contributed by atoms with Crippen molar-refractivity contribution in [2.75, 3.05) is 13.6 Å². The Bertz CT molecular complexity index is 1040. The molecular weight excluding hydrogens is 391 g/mol. The number of nitrogens with zero attached hydrogens (tertiary/aromatic N) is 4. The van der Waals surface area contributed by atoms with Crippen molar-refractivity contribution in [2.45, 2.75) is 12.0 Å². The molecule has 27 heavy (non-hydrogen) atoms. The predicted octanol–water partition coefficient (Wildman–Crippen LogP) is 3.11. The number of hydrogen-bond donors (Lipinski definition) is 1. The number of carbonyl (C=O) groups is 1. The molecule has 3 heterocycles. The summed E-state index contributed by atoms with van der Waals surface area (Å²) >= 11 is 7.05. The van der Waals surface area contributed by atoms with Crippen molar-refractivity contribution in [3.05, 3.63) is 52.5 Å². The third-order valence-corrected chi connectivity index (χ3v) is 5.63. The van der Waals surface area contributed by atoms with E-state index in [1.165, 1.54) is 16.2 Å². The molecule has 1 fully saturated rings. The van der Waals surface area contributed by atoms with Gasteiger partial charge in [-0.3, -0.25) is 4.79 Å². The summed E-state index contributed by atoms with van der Waals surface area (Å²) in [5, 5.41) is 13.1. The predicted molar refractivity (Wildman–Crippen MR) is 99.7 cm³/mol. The van der Waals surface area contributed by atoms with Gasteiger partial charge >= 0.3 is 0 Å². The standard InChI is InChI=1S/C18H14ClFN4O2S/c1-24-6-5-18(26,16(24)25)11-4-2-3-10(7-11)15-22-13(9-27-15)14-12(20)8-21-17(19)23-14/h2-4,7-9,26H,5-6H2,1H3/t18-/m1/s1. The summed E-state index contributed by atoms with van der Waals surface area (Å²) in [5.41, 5.74) is 0.0804. The van der Waals surface area contributed by atoms with Crippen molar-refractivity contribution in [1.82, 2.24) is 19.9 Å². The van der Waals surface area contributed by atoms with E-state index in [-0.39, 0.29) is 16.9 Å². The van der Waals surface area contributed by atoms with Crippen molar-refractivity contribution in [3.8, 4) is 22.0 Å². The van der Waals surface area contributed by atoms with Gasteiger partial charge in [-0.2, -0.15) is 0 Å². The van der Waals surface area contributed by atoms with Crippen LogP contribution in [0.1, 0.15) is 12.0 Å². The van der Waals surface area contributed by atoms with Crippen molar-refractivity contribution >= 4 is 28.8 Å². The second-order valence-electron chi connectivity index (χ2n) is 6.29. The van der Waals surface area contributed by atoms with Crippen molar-refractivity contribution in [2.24, 2.45) is 0 Å². The third kappa shape index (κ3) is 3.09. The van der Waals surface area contributed by atoms with E-state index in [0.717, 1.165) is 11.8 Å². The Morgan fingerprint density at radius 3 is 2.93 bits per heavy atom. The summed E-state index contributed by atoms with van der Waals surface area (Å²) < 4.78 is 14.0. The van der Waals surface area contributed by atoms with Crippen LogP contribution in [0.3, 0.4) is 0 Å². The monoisotopic (exact) mass is 404 g/mol. The molecule has 1 amide bonds. The summed E-state index contributed by atoms with van der Waals surface area (Å²) in [6.07, 6.45) is 1.33. The Morgan fingerprint density at radius 2 is 2.19 bits per heavy atom. The molecule has 138 valence electrons. The Kier molecular flexibility index (Phi) is 4.41. The summed E-state index contributed by atoms with van der Waals surface area (Å²) in [7, 11) is 1.67. The first kappa shape index (κ1) is 18.0. The first-order valence-corrected chi connectivity index (χ1v) is 9.37. The van der Waals surface area contributed by atoms with Gasteiger partial charge in [0.25, 0.3) is 5.91 Å². The molecule has 0 unspecified atom stereocenters. The van der Waals surface area contributed by atoms with Crippen LogP contribution in [-0.4, -0.2) is 44.5 Å². The van der Waals surface area contributed by atoms with E-state index in [9.17, 15) is 14.3 Å². The number of likely N-dealkylation sites (tertiary alicyclic amines) is 1. The third-order valence-electron chi connectivity index (χ3n) is 4.56. The maximum absolute atomic E-state index is 14.0. The molecule has 1 N–H and O–H groups in total. The summed E-state index contributed by atoms with van der Waals surface area (Å²) in [4.78, 5) is 25.8. The number of benzene rings is 1. The lowest BCUT2D eigenvalue weighted by atomic mass is 9.91. The van der Waals surface area contributed by atoms with Crippen LogP contribution in [0.2, 0.25) is 5.28 Å². The van der Waals surface area contributed by atoms with E-state index in [1.54, 1.807) is 30.6 Å². The molecule has 0 aliphatic carbocycles. The molecule has 0 bridgehead atoms. The second kappa shape index (κ2) is 6.63. The Morgan fingerprint density at radius 1 is 1.37 bits per heavy atom. The molecule has 0 spiro atoms. The van der Waals surface area contributed by atoms with Crippen molar-refractivity contribution in [1.29, 1.82) is 0 Å². The van der Waals surface area contributed by atoms with Gasteiger partial charge in [-0.15, -0.1) is 11.3 Å². The first-order valence-electron chi connectivity index (χ1n) is 8.11. The summed E-state index contributed by atoms with van der Waals surface area (Å²) in [6.45, 7) is 0.495. The van der Waals surface area contributed by atoms with Gasteiger partial charge in [0.2, 0.25) is 5.28 Å². The molecule has 1 atom stereocenters. The molecule has 1 aromatic carbocycles. The average Bonchev–Trinajstić information content (AvgIpc) is 3.26. The molecule has 0 radical (unpaired) electrons. The Hall–Kier alpha value is -2.42. The molecule has 1 aliphatic rings. The summed E-state index contributed by atoms with van der Waals surface area (Å²) in [5.74, 6) is -0.934. The zero-order chi connectivity index (χ0) is 19.2. The zero-order valence-electron chi connectivity index (χ0n) is 14.2. The maximum atomic E-state index is 14.0. The fourth-order valence-corrected chi connectivity index (χ4v) is 4.01. The first-order chi connectivity index (χ1) is 12.9. The largest absolute Gasteiger partial charge is 0.375 e. The van der Waals surface area contributed by atoms with E-state index in [1.807, 2.05) is 6.07 Å². The number of halogens is 2. The van der Waals surface area contributed by atoms with Gasteiger partial charge in [0.1, 0.15) is 16.4 Å². The molecule has 6 nitrogen and oxygen atoms in total. The number of hydrogen-bond acceptors (Lipinski definition) is 6. The quantitative estimate of drug-likeness (QED) is 0.678. The molecule has 9 heteroatoms. The topological polar surface area (TPSA) is 79.2 Å². The normalized spacial score (nSPS) is 19.7. The van der Waals surface area contributed by atoms with Crippen LogP contribution in [0.5, 0.6) is 0 Å². The van der Waals surface area contributed by atoms with Crippen LogP contribution >= 0.6 is 22.9 Å². The van der Waals surface area contributed by atoms with E-state index in [4.69, 9.17) is 11.6 Å². The molecule has 0 saturated carbocycles. The van der Waals surface area contributed by atoms with Crippen LogP contribution in [-0.2, 0) is 10.4 Å². The van der Waals surface area contributed by atoms with Gasteiger partial charge in [-0.25, -0.2) is 19.3 Å². The Labute approximate surface area is 163 Å². The fraction of sp³-hybridized carbons (Fsp3) is 0.222. The zero-order valence-corrected chi connectivity index (χ0v) is 15.8. The lowest BCUT2D eigenvalue weighted by Crippen LogP contribution is -2.36. The van der Waals surface area contributed by atoms with E-state index in [2.05, 4.69) is 15.0 Å². The van der Waals surface area contributed by atoms with Crippen LogP contribution in [0.15, 0.2) is 35.8 Å². The molecule has 3 aromatic rings. The SMILES string of the molecule is CN1CC[C@@](O)(c2cccc(-c3nc(-c4nc(Cl)ncc4F)cs3)c2)C1=O. The molecule has 2 aromatic heterocycles. The minimum Gasteiger partial charge on any atom is -0.375 e. The highest BCUT2D eigenvalue weighted by Crippen LogP contribution is 2.36.